The van der Waals surface area contributed by atoms with Crippen LogP contribution in [0.2, 0.25) is 0 Å². The van der Waals surface area contributed by atoms with Gasteiger partial charge in [-0.05, 0) is 82.7 Å². The van der Waals surface area contributed by atoms with Crippen molar-refractivity contribution in [3.63, 3.8) is 0 Å². The molecule has 4 heteroatoms. The molecule has 0 unspecified atom stereocenters. The third-order valence-electron chi connectivity index (χ3n) is 6.58. The Morgan fingerprint density at radius 1 is 1.21 bits per heavy atom. The van der Waals surface area contributed by atoms with E-state index in [1.807, 2.05) is 19.9 Å². The number of nitrogens with one attached hydrogen (secondary N) is 1. The molecule has 0 spiro atoms. The minimum Gasteiger partial charge on any atom is -0.396 e. The first-order valence-electron chi connectivity index (χ1n) is 11.5. The van der Waals surface area contributed by atoms with Crippen molar-refractivity contribution in [3.05, 3.63) is 23.8 Å². The Morgan fingerprint density at radius 2 is 2.00 bits per heavy atom. The molecule has 4 N–H and O–H groups in total. The molecule has 2 aliphatic rings. The van der Waals surface area contributed by atoms with Crippen LogP contribution in [-0.2, 0) is 0 Å². The summed E-state index contributed by atoms with van der Waals surface area (Å²) in [6.45, 7) is 6.03. The summed E-state index contributed by atoms with van der Waals surface area (Å²) < 4.78 is 0. The summed E-state index contributed by atoms with van der Waals surface area (Å²) in [5.41, 5.74) is 1.56. The van der Waals surface area contributed by atoms with Gasteiger partial charge in [-0.3, -0.25) is 0 Å². The van der Waals surface area contributed by atoms with Gasteiger partial charge in [0.15, 0.2) is 0 Å². The fraction of sp³-hybridized carbons (Fsp3) is 0.760. The Labute approximate surface area is 177 Å². The van der Waals surface area contributed by atoms with E-state index in [0.717, 1.165) is 45.2 Å². The van der Waals surface area contributed by atoms with Gasteiger partial charge in [0.05, 0.1) is 12.2 Å². The first-order valence-corrected chi connectivity index (χ1v) is 11.5. The molecule has 0 aromatic carbocycles. The van der Waals surface area contributed by atoms with E-state index < -0.39 is 6.10 Å². The molecule has 2 saturated carbocycles. The highest BCUT2D eigenvalue weighted by Crippen LogP contribution is 2.50. The molecule has 6 atom stereocenters. The van der Waals surface area contributed by atoms with E-state index >= 15 is 0 Å². The predicted molar refractivity (Wildman–Crippen MR) is 119 cm³/mol. The SMILES string of the molecule is CC#CC[C@H](C)[C@H](O)C=C[C@@H]1[C@H]2CC(=CCCCCNCCCO)C[C@H]2C[C@H]1O. The maximum atomic E-state index is 10.5. The first kappa shape index (κ1) is 24.2. The summed E-state index contributed by atoms with van der Waals surface area (Å²) in [4.78, 5) is 0. The Morgan fingerprint density at radius 3 is 2.76 bits per heavy atom. The summed E-state index contributed by atoms with van der Waals surface area (Å²) in [5, 5.41) is 33.0. The molecule has 0 amide bonds. The first-order chi connectivity index (χ1) is 14.1. The molecule has 0 aromatic rings. The highest BCUT2D eigenvalue weighted by molar-refractivity contribution is 5.18. The van der Waals surface area contributed by atoms with Crippen LogP contribution in [0.3, 0.4) is 0 Å². The van der Waals surface area contributed by atoms with E-state index in [-0.39, 0.29) is 24.5 Å². The second kappa shape index (κ2) is 13.2. The zero-order valence-electron chi connectivity index (χ0n) is 18.3. The van der Waals surface area contributed by atoms with Crippen molar-refractivity contribution in [3.8, 4) is 11.8 Å². The van der Waals surface area contributed by atoms with Gasteiger partial charge in [0, 0.05) is 18.9 Å². The van der Waals surface area contributed by atoms with Crippen LogP contribution in [0.5, 0.6) is 0 Å². The zero-order valence-corrected chi connectivity index (χ0v) is 18.3. The minimum absolute atomic E-state index is 0.116. The predicted octanol–water partition coefficient (Wildman–Crippen LogP) is 3.43. The lowest BCUT2D eigenvalue weighted by atomic mass is 9.89. The maximum Gasteiger partial charge on any atom is 0.0755 e. The molecule has 0 aromatic heterocycles. The monoisotopic (exact) mass is 403 g/mol. The van der Waals surface area contributed by atoms with Gasteiger partial charge >= 0.3 is 0 Å². The number of aliphatic hydroxyl groups excluding tert-OH is 3. The number of fused-ring (bicyclic) bond motifs is 1. The van der Waals surface area contributed by atoms with Crippen LogP contribution in [0.15, 0.2) is 23.8 Å². The Hall–Kier alpha value is -1.12. The van der Waals surface area contributed by atoms with Crippen molar-refractivity contribution in [1.29, 1.82) is 0 Å². The average Bonchev–Trinajstić information content (AvgIpc) is 3.22. The van der Waals surface area contributed by atoms with Crippen molar-refractivity contribution in [2.75, 3.05) is 19.7 Å². The second-order valence-electron chi connectivity index (χ2n) is 8.88. The topological polar surface area (TPSA) is 72.7 Å². The van der Waals surface area contributed by atoms with Crippen molar-refractivity contribution in [2.45, 2.75) is 77.4 Å². The molecule has 2 rings (SSSR count). The van der Waals surface area contributed by atoms with Gasteiger partial charge in [-0.2, -0.15) is 0 Å². The number of rotatable bonds is 12. The van der Waals surface area contributed by atoms with Crippen LogP contribution in [0.4, 0.5) is 0 Å². The van der Waals surface area contributed by atoms with Gasteiger partial charge in [-0.1, -0.05) is 30.7 Å². The number of hydrogen-bond donors (Lipinski definition) is 4. The smallest absolute Gasteiger partial charge is 0.0755 e. The summed E-state index contributed by atoms with van der Waals surface area (Å²) in [6, 6.07) is 0. The number of allylic oxidation sites excluding steroid dienone is 2. The van der Waals surface area contributed by atoms with Crippen molar-refractivity contribution >= 4 is 0 Å². The number of aliphatic hydroxyl groups is 3. The van der Waals surface area contributed by atoms with Gasteiger partial charge in [0.25, 0.3) is 0 Å². The second-order valence-corrected chi connectivity index (χ2v) is 8.88. The number of hydrogen-bond acceptors (Lipinski definition) is 4. The standard InChI is InChI=1S/C25H41NO3/c1-3-4-9-19(2)24(28)12-11-22-23-17-20(16-21(23)18-25(22)29)10-6-5-7-13-26-14-8-15-27/h10-12,19,21-29H,5-9,13-18H2,1-2H3/t19-,21-,22+,23-,24+,25+/m0/s1. The summed E-state index contributed by atoms with van der Waals surface area (Å²) in [6.07, 6.45) is 13.8. The van der Waals surface area contributed by atoms with Crippen molar-refractivity contribution in [2.24, 2.45) is 23.7 Å². The maximum absolute atomic E-state index is 10.5. The molecule has 0 radical (unpaired) electrons. The van der Waals surface area contributed by atoms with Crippen LogP contribution >= 0.6 is 0 Å². The summed E-state index contributed by atoms with van der Waals surface area (Å²) in [7, 11) is 0. The largest absolute Gasteiger partial charge is 0.396 e. The third kappa shape index (κ3) is 7.90. The van der Waals surface area contributed by atoms with E-state index in [0.29, 0.717) is 18.3 Å². The van der Waals surface area contributed by atoms with Crippen LogP contribution in [0, 0.1) is 35.5 Å². The molecule has 0 saturated heterocycles. The van der Waals surface area contributed by atoms with Gasteiger partial charge in [0.2, 0.25) is 0 Å². The summed E-state index contributed by atoms with van der Waals surface area (Å²) >= 11 is 0. The highest BCUT2D eigenvalue weighted by atomic mass is 16.3. The zero-order chi connectivity index (χ0) is 21.1. The molecular weight excluding hydrogens is 362 g/mol. The Kier molecular flexibility index (Phi) is 11.0. The molecule has 164 valence electrons. The lowest BCUT2D eigenvalue weighted by molar-refractivity contribution is 0.137. The van der Waals surface area contributed by atoms with Crippen molar-refractivity contribution in [1.82, 2.24) is 5.32 Å². The molecule has 0 bridgehead atoms. The normalized spacial score (nSPS) is 29.8. The van der Waals surface area contributed by atoms with E-state index in [1.54, 1.807) is 5.57 Å². The van der Waals surface area contributed by atoms with Crippen LogP contribution in [0.1, 0.15) is 65.2 Å². The van der Waals surface area contributed by atoms with Gasteiger partial charge in [-0.25, -0.2) is 0 Å². The molecule has 0 aliphatic heterocycles. The fourth-order valence-corrected chi connectivity index (χ4v) is 4.78. The average molecular weight is 404 g/mol. The summed E-state index contributed by atoms with van der Waals surface area (Å²) in [5.74, 6) is 7.31. The minimum atomic E-state index is -0.496. The molecule has 4 nitrogen and oxygen atoms in total. The molecule has 2 aliphatic carbocycles. The van der Waals surface area contributed by atoms with E-state index in [4.69, 9.17) is 5.11 Å². The lowest BCUT2D eigenvalue weighted by Gasteiger charge is -2.19. The van der Waals surface area contributed by atoms with Crippen molar-refractivity contribution < 1.29 is 15.3 Å². The highest BCUT2D eigenvalue weighted by Gasteiger charge is 2.44. The molecule has 0 heterocycles. The van der Waals surface area contributed by atoms with Gasteiger partial charge in [-0.15, -0.1) is 11.8 Å². The molecular formula is C25H41NO3. The third-order valence-corrected chi connectivity index (χ3v) is 6.58. The fourth-order valence-electron chi connectivity index (χ4n) is 4.78. The van der Waals surface area contributed by atoms with E-state index in [1.165, 1.54) is 12.8 Å². The quantitative estimate of drug-likeness (QED) is 0.229. The molecule has 29 heavy (non-hydrogen) atoms. The molecule has 2 fully saturated rings. The van der Waals surface area contributed by atoms with Gasteiger partial charge in [0.1, 0.15) is 0 Å². The number of unbranched alkanes of at least 4 members (excludes halogenated alkanes) is 2. The van der Waals surface area contributed by atoms with Gasteiger partial charge < -0.3 is 20.6 Å². The Bertz CT molecular complexity index is 589. The van der Waals surface area contributed by atoms with Crippen LogP contribution in [0.25, 0.3) is 0 Å². The van der Waals surface area contributed by atoms with Crippen LogP contribution in [-0.4, -0.2) is 47.2 Å². The van der Waals surface area contributed by atoms with E-state index in [9.17, 15) is 10.2 Å². The Balaban J connectivity index is 1.75. The van der Waals surface area contributed by atoms with Crippen LogP contribution < -0.4 is 5.32 Å². The van der Waals surface area contributed by atoms with E-state index in [2.05, 4.69) is 29.3 Å². The lowest BCUT2D eigenvalue weighted by Crippen LogP contribution is -2.19.